The van der Waals surface area contributed by atoms with Gasteiger partial charge in [-0.05, 0) is 32.1 Å². The Hall–Kier alpha value is -2.13. The average molecular weight is 428 g/mol. The molecule has 0 aromatic rings. The summed E-state index contributed by atoms with van der Waals surface area (Å²) < 4.78 is 0. The monoisotopic (exact) mass is 427 g/mol. The molecule has 0 saturated heterocycles. The van der Waals surface area contributed by atoms with Crippen LogP contribution >= 0.6 is 0 Å². The van der Waals surface area contributed by atoms with Gasteiger partial charge in [-0.2, -0.15) is 0 Å². The number of allylic oxidation sites excluding steroid dienone is 11. The standard InChI is InChI=1S/C28H45NO2/c1-4-7-9-11-12-13-14-15-16-17-18-19-20-21-22-24-27(30)29-26-28(31,6-3)25-23-10-8-5-2/h9,11-15,18-22,24,31H,4-8,10,16-17,23,25-26H2,1-3H3,(H,29,30). The van der Waals surface area contributed by atoms with Gasteiger partial charge in [-0.25, -0.2) is 0 Å². The third kappa shape index (κ3) is 19.6. The van der Waals surface area contributed by atoms with E-state index in [2.05, 4.69) is 61.7 Å². The van der Waals surface area contributed by atoms with E-state index in [0.717, 1.165) is 38.5 Å². The molecule has 3 heteroatoms. The van der Waals surface area contributed by atoms with Gasteiger partial charge in [-0.15, -0.1) is 0 Å². The lowest BCUT2D eigenvalue weighted by atomic mass is 9.93. The molecule has 0 aromatic carbocycles. The van der Waals surface area contributed by atoms with E-state index in [-0.39, 0.29) is 5.91 Å². The number of aliphatic hydroxyl groups is 1. The smallest absolute Gasteiger partial charge is 0.244 e. The van der Waals surface area contributed by atoms with Crippen LogP contribution in [-0.2, 0) is 4.79 Å². The number of amides is 1. The van der Waals surface area contributed by atoms with Gasteiger partial charge in [0.1, 0.15) is 0 Å². The number of rotatable bonds is 18. The first-order chi connectivity index (χ1) is 15.1. The molecule has 0 heterocycles. The van der Waals surface area contributed by atoms with Crippen LogP contribution in [-0.4, -0.2) is 23.2 Å². The highest BCUT2D eigenvalue weighted by Crippen LogP contribution is 2.18. The number of unbranched alkanes of at least 4 members (excludes halogenated alkanes) is 5. The zero-order valence-corrected chi connectivity index (χ0v) is 20.1. The second-order valence-electron chi connectivity index (χ2n) is 7.89. The van der Waals surface area contributed by atoms with Crippen molar-refractivity contribution in [2.45, 2.75) is 90.6 Å². The molecule has 31 heavy (non-hydrogen) atoms. The second-order valence-corrected chi connectivity index (χ2v) is 7.89. The molecule has 1 unspecified atom stereocenters. The summed E-state index contributed by atoms with van der Waals surface area (Å²) >= 11 is 0. The molecule has 2 N–H and O–H groups in total. The van der Waals surface area contributed by atoms with Crippen LogP contribution in [0.5, 0.6) is 0 Å². The Kier molecular flexibility index (Phi) is 19.7. The van der Waals surface area contributed by atoms with Gasteiger partial charge < -0.3 is 10.4 Å². The fraction of sp³-hybridized carbons (Fsp3) is 0.536. The van der Waals surface area contributed by atoms with Crippen LogP contribution in [0.2, 0.25) is 0 Å². The SMILES string of the molecule is CCCC=CC=CC=CCCC=CC=CC=CC(=O)NCC(O)(CC)CCCCCC. The van der Waals surface area contributed by atoms with Crippen molar-refractivity contribution >= 4 is 5.91 Å². The lowest BCUT2D eigenvalue weighted by Gasteiger charge is -2.26. The number of carbonyl (C=O) groups is 1. The van der Waals surface area contributed by atoms with E-state index in [1.54, 1.807) is 6.08 Å². The summed E-state index contributed by atoms with van der Waals surface area (Å²) in [5, 5.41) is 13.4. The van der Waals surface area contributed by atoms with Gasteiger partial charge in [-0.1, -0.05) is 120 Å². The van der Waals surface area contributed by atoms with Crippen LogP contribution in [0, 0.1) is 0 Å². The van der Waals surface area contributed by atoms with E-state index in [9.17, 15) is 9.90 Å². The zero-order valence-electron chi connectivity index (χ0n) is 20.1. The molecule has 174 valence electrons. The molecule has 0 spiro atoms. The van der Waals surface area contributed by atoms with E-state index < -0.39 is 5.60 Å². The largest absolute Gasteiger partial charge is 0.388 e. The predicted octanol–water partition coefficient (Wildman–Crippen LogP) is 7.13. The molecule has 0 aromatic heterocycles. The van der Waals surface area contributed by atoms with Crippen molar-refractivity contribution in [3.8, 4) is 0 Å². The molecular formula is C28H45NO2. The van der Waals surface area contributed by atoms with Gasteiger partial charge in [0, 0.05) is 12.6 Å². The van der Waals surface area contributed by atoms with Crippen molar-refractivity contribution < 1.29 is 9.90 Å². The lowest BCUT2D eigenvalue weighted by Crippen LogP contribution is -2.42. The van der Waals surface area contributed by atoms with Crippen molar-refractivity contribution in [2.75, 3.05) is 6.54 Å². The van der Waals surface area contributed by atoms with Crippen LogP contribution < -0.4 is 5.32 Å². The van der Waals surface area contributed by atoms with Crippen LogP contribution in [0.4, 0.5) is 0 Å². The van der Waals surface area contributed by atoms with Gasteiger partial charge in [0.15, 0.2) is 0 Å². The highest BCUT2D eigenvalue weighted by molar-refractivity contribution is 5.87. The van der Waals surface area contributed by atoms with Crippen LogP contribution in [0.3, 0.4) is 0 Å². The maximum absolute atomic E-state index is 11.9. The van der Waals surface area contributed by atoms with Crippen molar-refractivity contribution in [3.63, 3.8) is 0 Å². The fourth-order valence-electron chi connectivity index (χ4n) is 2.86. The molecule has 0 aliphatic heterocycles. The molecule has 0 saturated carbocycles. The first-order valence-electron chi connectivity index (χ1n) is 12.1. The molecule has 1 amide bonds. The molecule has 0 aliphatic rings. The zero-order chi connectivity index (χ0) is 23.0. The van der Waals surface area contributed by atoms with Crippen LogP contribution in [0.25, 0.3) is 0 Å². The summed E-state index contributed by atoms with van der Waals surface area (Å²) in [4.78, 5) is 11.9. The topological polar surface area (TPSA) is 49.3 Å². The van der Waals surface area contributed by atoms with Crippen molar-refractivity contribution in [2.24, 2.45) is 0 Å². The van der Waals surface area contributed by atoms with Gasteiger partial charge in [0.25, 0.3) is 0 Å². The Morgan fingerprint density at radius 3 is 1.87 bits per heavy atom. The van der Waals surface area contributed by atoms with Gasteiger partial charge in [0.2, 0.25) is 5.91 Å². The average Bonchev–Trinajstić information content (AvgIpc) is 2.78. The van der Waals surface area contributed by atoms with Crippen molar-refractivity contribution in [1.29, 1.82) is 0 Å². The molecular weight excluding hydrogens is 382 g/mol. The highest BCUT2D eigenvalue weighted by Gasteiger charge is 2.24. The minimum atomic E-state index is -0.800. The predicted molar refractivity (Wildman–Crippen MR) is 136 cm³/mol. The minimum Gasteiger partial charge on any atom is -0.388 e. The molecule has 0 radical (unpaired) electrons. The van der Waals surface area contributed by atoms with Crippen molar-refractivity contribution in [3.05, 3.63) is 72.9 Å². The van der Waals surface area contributed by atoms with Crippen LogP contribution in [0.15, 0.2) is 72.9 Å². The molecule has 0 rings (SSSR count). The Labute approximate surface area is 191 Å². The van der Waals surface area contributed by atoms with Gasteiger partial charge in [-0.3, -0.25) is 4.79 Å². The van der Waals surface area contributed by atoms with E-state index in [1.165, 1.54) is 25.3 Å². The fourth-order valence-corrected chi connectivity index (χ4v) is 2.86. The number of nitrogens with one attached hydrogen (secondary N) is 1. The van der Waals surface area contributed by atoms with E-state index in [4.69, 9.17) is 0 Å². The Balaban J connectivity index is 4.00. The first kappa shape index (κ1) is 28.9. The third-order valence-electron chi connectivity index (χ3n) is 5.02. The van der Waals surface area contributed by atoms with E-state index in [0.29, 0.717) is 13.0 Å². The summed E-state index contributed by atoms with van der Waals surface area (Å²) in [5.41, 5.74) is -0.800. The first-order valence-corrected chi connectivity index (χ1v) is 12.1. The van der Waals surface area contributed by atoms with E-state index >= 15 is 0 Å². The van der Waals surface area contributed by atoms with Crippen LogP contribution in [0.1, 0.15) is 85.0 Å². The minimum absolute atomic E-state index is 0.170. The normalized spacial score (nSPS) is 14.8. The molecule has 0 aliphatic carbocycles. The van der Waals surface area contributed by atoms with Gasteiger partial charge in [0.05, 0.1) is 5.60 Å². The number of carbonyl (C=O) groups excluding carboxylic acids is 1. The molecule has 0 bridgehead atoms. The summed E-state index contributed by atoms with van der Waals surface area (Å²) in [5.74, 6) is -0.170. The number of hydrogen-bond donors (Lipinski definition) is 2. The third-order valence-corrected chi connectivity index (χ3v) is 5.02. The Bertz CT molecular complexity index is 611. The lowest BCUT2D eigenvalue weighted by molar-refractivity contribution is -0.117. The van der Waals surface area contributed by atoms with E-state index in [1.807, 2.05) is 25.2 Å². The second kappa shape index (κ2) is 21.1. The van der Waals surface area contributed by atoms with Crippen molar-refractivity contribution in [1.82, 2.24) is 5.32 Å². The summed E-state index contributed by atoms with van der Waals surface area (Å²) in [6.07, 6.45) is 33.9. The summed E-state index contributed by atoms with van der Waals surface area (Å²) in [7, 11) is 0. The van der Waals surface area contributed by atoms with Gasteiger partial charge >= 0.3 is 0 Å². The molecule has 3 nitrogen and oxygen atoms in total. The summed E-state index contributed by atoms with van der Waals surface area (Å²) in [6, 6.07) is 0. The molecule has 1 atom stereocenters. The summed E-state index contributed by atoms with van der Waals surface area (Å²) in [6.45, 7) is 6.62. The quantitative estimate of drug-likeness (QED) is 0.139. The Morgan fingerprint density at radius 2 is 1.32 bits per heavy atom. The maximum atomic E-state index is 11.9. The molecule has 0 fully saturated rings. The maximum Gasteiger partial charge on any atom is 0.244 e. The Morgan fingerprint density at radius 1 is 0.742 bits per heavy atom. The number of hydrogen-bond acceptors (Lipinski definition) is 2. The highest BCUT2D eigenvalue weighted by atomic mass is 16.3.